The Balaban J connectivity index is 2.65. The minimum Gasteiger partial charge on any atom is -0.382 e. The first-order chi connectivity index (χ1) is 12.5. The number of benzene rings is 1. The van der Waals surface area contributed by atoms with Gasteiger partial charge in [-0.2, -0.15) is 0 Å². The van der Waals surface area contributed by atoms with E-state index in [1.165, 1.54) is 11.1 Å². The Labute approximate surface area is 155 Å². The molecular formula is C21H30N4O. The lowest BCUT2D eigenvalue weighted by molar-refractivity contribution is 0.902. The van der Waals surface area contributed by atoms with E-state index < -0.39 is 0 Å². The van der Waals surface area contributed by atoms with Crippen LogP contribution in [0.2, 0.25) is 0 Å². The Morgan fingerprint density at radius 2 is 1.88 bits per heavy atom. The molecule has 3 N–H and O–H groups in total. The Kier molecular flexibility index (Phi) is 7.13. The second kappa shape index (κ2) is 9.32. The third kappa shape index (κ3) is 4.40. The number of H-pyrrole nitrogens is 1. The van der Waals surface area contributed by atoms with Crippen LogP contribution in [0.4, 0.5) is 5.69 Å². The normalized spacial score (nSPS) is 10.8. The molecule has 1 heterocycles. The largest absolute Gasteiger partial charge is 0.382 e. The highest BCUT2D eigenvalue weighted by atomic mass is 16.1. The lowest BCUT2D eigenvalue weighted by Gasteiger charge is -2.14. The molecule has 0 aliphatic carbocycles. The van der Waals surface area contributed by atoms with Crippen molar-refractivity contribution in [3.63, 3.8) is 0 Å². The fourth-order valence-corrected chi connectivity index (χ4v) is 3.20. The molecule has 0 unspecified atom stereocenters. The van der Waals surface area contributed by atoms with Gasteiger partial charge in [0.2, 0.25) is 0 Å². The number of aryl methyl sites for hydroxylation is 2. The molecule has 0 amide bonds. The maximum atomic E-state index is 12.6. The number of hydrogen-bond donors (Lipinski definition) is 3. The molecule has 5 heteroatoms. The number of nitrogens with zero attached hydrogens (tertiary/aromatic N) is 1. The highest BCUT2D eigenvalue weighted by Gasteiger charge is 2.17. The van der Waals surface area contributed by atoms with Gasteiger partial charge in [-0.25, -0.2) is 4.98 Å². The van der Waals surface area contributed by atoms with Gasteiger partial charge in [0.1, 0.15) is 17.2 Å². The molecule has 0 bridgehead atoms. The van der Waals surface area contributed by atoms with Crippen LogP contribution in [0.1, 0.15) is 63.3 Å². The summed E-state index contributed by atoms with van der Waals surface area (Å²) in [7, 11) is 1.69. The Bertz CT molecular complexity index is 823. The van der Waals surface area contributed by atoms with E-state index in [0.29, 0.717) is 29.3 Å². The predicted molar refractivity (Wildman–Crippen MR) is 110 cm³/mol. The third-order valence-electron chi connectivity index (χ3n) is 4.44. The first-order valence-corrected chi connectivity index (χ1v) is 9.57. The van der Waals surface area contributed by atoms with Crippen molar-refractivity contribution in [3.8, 4) is 11.4 Å². The summed E-state index contributed by atoms with van der Waals surface area (Å²) in [4.78, 5) is 20.2. The maximum absolute atomic E-state index is 12.6. The summed E-state index contributed by atoms with van der Waals surface area (Å²) in [5, 5.41) is 11.2. The monoisotopic (exact) mass is 354 g/mol. The van der Waals surface area contributed by atoms with E-state index in [0.717, 1.165) is 37.7 Å². The van der Waals surface area contributed by atoms with E-state index in [1.807, 2.05) is 6.92 Å². The molecular weight excluding hydrogens is 324 g/mol. The van der Waals surface area contributed by atoms with Crippen molar-refractivity contribution in [2.45, 2.75) is 59.3 Å². The van der Waals surface area contributed by atoms with Gasteiger partial charge in [0.15, 0.2) is 0 Å². The molecule has 0 radical (unpaired) electrons. The van der Waals surface area contributed by atoms with E-state index in [4.69, 9.17) is 10.4 Å². The predicted octanol–water partition coefficient (Wildman–Crippen LogP) is 4.55. The highest BCUT2D eigenvalue weighted by molar-refractivity contribution is 6.01. The summed E-state index contributed by atoms with van der Waals surface area (Å²) in [6.07, 6.45) is 5.47. The average molecular weight is 354 g/mol. The number of hydrogen-bond acceptors (Lipinski definition) is 4. The average Bonchev–Trinajstić information content (AvgIpc) is 2.63. The van der Waals surface area contributed by atoms with Gasteiger partial charge in [0.25, 0.3) is 5.56 Å². The lowest BCUT2D eigenvalue weighted by Crippen LogP contribution is -2.20. The summed E-state index contributed by atoms with van der Waals surface area (Å²) in [5.41, 5.74) is 4.39. The molecule has 0 spiro atoms. The molecule has 0 saturated carbocycles. The van der Waals surface area contributed by atoms with E-state index >= 15 is 0 Å². The number of anilines is 1. The summed E-state index contributed by atoms with van der Waals surface area (Å²) in [6, 6.07) is 6.45. The molecule has 1 aromatic carbocycles. The fourth-order valence-electron chi connectivity index (χ4n) is 3.20. The summed E-state index contributed by atoms with van der Waals surface area (Å²) < 4.78 is 0. The molecule has 0 aliphatic rings. The van der Waals surface area contributed by atoms with Crippen LogP contribution in [0.25, 0.3) is 11.4 Å². The highest BCUT2D eigenvalue weighted by Crippen LogP contribution is 2.25. The zero-order chi connectivity index (χ0) is 19.1. The molecule has 140 valence electrons. The van der Waals surface area contributed by atoms with Crippen molar-refractivity contribution < 1.29 is 0 Å². The van der Waals surface area contributed by atoms with E-state index in [2.05, 4.69) is 42.3 Å². The van der Waals surface area contributed by atoms with Crippen LogP contribution in [0, 0.1) is 5.41 Å². The molecule has 26 heavy (non-hydrogen) atoms. The summed E-state index contributed by atoms with van der Waals surface area (Å²) >= 11 is 0. The van der Waals surface area contributed by atoms with Crippen LogP contribution < -0.4 is 10.9 Å². The first-order valence-electron chi connectivity index (χ1n) is 9.57. The number of aromatic nitrogens is 2. The zero-order valence-electron chi connectivity index (χ0n) is 16.3. The molecule has 5 nitrogen and oxygen atoms in total. The molecule has 0 saturated heterocycles. The second-order valence-corrected chi connectivity index (χ2v) is 6.61. The van der Waals surface area contributed by atoms with Crippen LogP contribution in [0.15, 0.2) is 23.0 Å². The Hall–Kier alpha value is -2.43. The van der Waals surface area contributed by atoms with Crippen molar-refractivity contribution in [2.75, 3.05) is 12.4 Å². The van der Waals surface area contributed by atoms with Crippen molar-refractivity contribution in [1.82, 2.24) is 9.97 Å². The van der Waals surface area contributed by atoms with Crippen molar-refractivity contribution in [3.05, 3.63) is 45.4 Å². The third-order valence-corrected chi connectivity index (χ3v) is 4.44. The quantitative estimate of drug-likeness (QED) is 0.578. The van der Waals surface area contributed by atoms with Gasteiger partial charge < -0.3 is 15.7 Å². The molecule has 1 aromatic heterocycles. The number of nitrogens with one attached hydrogen (secondary N) is 3. The molecule has 2 aromatic rings. The minimum absolute atomic E-state index is 0.225. The first kappa shape index (κ1) is 19.9. The van der Waals surface area contributed by atoms with Gasteiger partial charge in [-0.05, 0) is 36.5 Å². The molecule has 0 atom stereocenters. The van der Waals surface area contributed by atoms with Crippen LogP contribution in [-0.2, 0) is 12.8 Å². The maximum Gasteiger partial charge on any atom is 0.275 e. The molecule has 2 rings (SSSR count). The van der Waals surface area contributed by atoms with Gasteiger partial charge in [-0.15, -0.1) is 0 Å². The number of aromatic amines is 1. The van der Waals surface area contributed by atoms with Crippen molar-refractivity contribution >= 4 is 11.4 Å². The molecule has 0 fully saturated rings. The van der Waals surface area contributed by atoms with Gasteiger partial charge in [0.05, 0.1) is 5.71 Å². The van der Waals surface area contributed by atoms with Crippen LogP contribution >= 0.6 is 0 Å². The van der Waals surface area contributed by atoms with Gasteiger partial charge in [-0.3, -0.25) is 4.79 Å². The van der Waals surface area contributed by atoms with E-state index in [-0.39, 0.29) is 5.56 Å². The SMILES string of the molecule is CCCC(=N)c1nc(-c2cc(CCC)ccc2CCC)[nH]c(=O)c1NC. The van der Waals surface area contributed by atoms with Gasteiger partial charge in [-0.1, -0.05) is 52.2 Å². The van der Waals surface area contributed by atoms with Crippen molar-refractivity contribution in [1.29, 1.82) is 5.41 Å². The van der Waals surface area contributed by atoms with Gasteiger partial charge >= 0.3 is 0 Å². The zero-order valence-corrected chi connectivity index (χ0v) is 16.3. The van der Waals surface area contributed by atoms with E-state index in [9.17, 15) is 4.79 Å². The fraction of sp³-hybridized carbons (Fsp3) is 0.476. The smallest absolute Gasteiger partial charge is 0.275 e. The topological polar surface area (TPSA) is 81.6 Å². The van der Waals surface area contributed by atoms with Crippen LogP contribution in [-0.4, -0.2) is 22.7 Å². The Morgan fingerprint density at radius 1 is 1.15 bits per heavy atom. The minimum atomic E-state index is -0.225. The lowest BCUT2D eigenvalue weighted by atomic mass is 9.97. The number of rotatable bonds is 9. The summed E-state index contributed by atoms with van der Waals surface area (Å²) in [5.74, 6) is 0.561. The van der Waals surface area contributed by atoms with Crippen LogP contribution in [0.3, 0.4) is 0 Å². The second-order valence-electron chi connectivity index (χ2n) is 6.61. The van der Waals surface area contributed by atoms with E-state index in [1.54, 1.807) is 7.05 Å². The standard InChI is InChI=1S/C21H30N4O/c1-5-8-14-11-12-15(9-6-2)16(13-14)20-24-18(17(22)10-7-3)19(23-4)21(26)25-20/h11-13,22-23H,5-10H2,1-4H3,(H,24,25,26). The van der Waals surface area contributed by atoms with Crippen LogP contribution in [0.5, 0.6) is 0 Å². The van der Waals surface area contributed by atoms with Crippen molar-refractivity contribution in [2.24, 2.45) is 0 Å². The Morgan fingerprint density at radius 3 is 2.50 bits per heavy atom. The molecule has 0 aliphatic heterocycles. The summed E-state index contributed by atoms with van der Waals surface area (Å²) in [6.45, 7) is 6.33. The van der Waals surface area contributed by atoms with Gasteiger partial charge in [0, 0.05) is 12.6 Å².